The highest BCUT2D eigenvalue weighted by Gasteiger charge is 1.97. The second-order valence-corrected chi connectivity index (χ2v) is 3.88. The molecule has 0 saturated carbocycles. The van der Waals surface area contributed by atoms with Crippen LogP contribution in [0.25, 0.3) is 0 Å². The van der Waals surface area contributed by atoms with Gasteiger partial charge >= 0.3 is 0 Å². The molecular weight excluding hydrogens is 226 g/mol. The topological polar surface area (TPSA) is 68.9 Å². The summed E-state index contributed by atoms with van der Waals surface area (Å²) in [7, 11) is 0. The lowest BCUT2D eigenvalue weighted by atomic mass is 10.1. The Labute approximate surface area is 106 Å². The molecule has 0 radical (unpaired) electrons. The number of hydrogen-bond acceptors (Lipinski definition) is 4. The third kappa shape index (κ3) is 3.06. The molecule has 0 spiro atoms. The Morgan fingerprint density at radius 3 is 2.72 bits per heavy atom. The van der Waals surface area contributed by atoms with Crippen molar-refractivity contribution >= 4 is 5.82 Å². The van der Waals surface area contributed by atoms with Crippen molar-refractivity contribution in [1.82, 2.24) is 4.98 Å². The van der Waals surface area contributed by atoms with Crippen molar-refractivity contribution in [2.75, 3.05) is 5.32 Å². The van der Waals surface area contributed by atoms with Gasteiger partial charge in [0.25, 0.3) is 0 Å². The quantitative estimate of drug-likeness (QED) is 0.856. The summed E-state index contributed by atoms with van der Waals surface area (Å²) in [6.07, 6.45) is 1.53. The van der Waals surface area contributed by atoms with E-state index in [4.69, 9.17) is 10.4 Å². The Bertz CT molecular complexity index is 558. The van der Waals surface area contributed by atoms with Crippen LogP contribution in [0.3, 0.4) is 0 Å². The molecule has 2 N–H and O–H groups in total. The minimum Gasteiger partial charge on any atom is -0.392 e. The van der Waals surface area contributed by atoms with Crippen molar-refractivity contribution in [2.24, 2.45) is 0 Å². The summed E-state index contributed by atoms with van der Waals surface area (Å²) in [5, 5.41) is 20.9. The molecule has 0 fully saturated rings. The first-order valence-electron chi connectivity index (χ1n) is 5.60. The largest absolute Gasteiger partial charge is 0.392 e. The average molecular weight is 239 g/mol. The van der Waals surface area contributed by atoms with Gasteiger partial charge in [0.1, 0.15) is 11.9 Å². The fourth-order valence-electron chi connectivity index (χ4n) is 1.60. The van der Waals surface area contributed by atoms with E-state index in [1.807, 2.05) is 30.3 Å². The molecule has 90 valence electrons. The van der Waals surface area contributed by atoms with E-state index >= 15 is 0 Å². The van der Waals surface area contributed by atoms with Crippen molar-refractivity contribution < 1.29 is 5.11 Å². The highest BCUT2D eigenvalue weighted by molar-refractivity contribution is 5.39. The zero-order valence-corrected chi connectivity index (χ0v) is 9.80. The zero-order valence-electron chi connectivity index (χ0n) is 9.80. The molecule has 0 aliphatic carbocycles. The van der Waals surface area contributed by atoms with E-state index < -0.39 is 0 Å². The molecule has 1 heterocycles. The lowest BCUT2D eigenvalue weighted by Gasteiger charge is -2.06. The number of anilines is 1. The number of benzene rings is 1. The van der Waals surface area contributed by atoms with Gasteiger partial charge in [-0.2, -0.15) is 5.26 Å². The Balaban J connectivity index is 2.00. The van der Waals surface area contributed by atoms with Crippen LogP contribution in [0.4, 0.5) is 5.82 Å². The summed E-state index contributed by atoms with van der Waals surface area (Å²) in [4.78, 5) is 4.12. The van der Waals surface area contributed by atoms with Crippen LogP contribution in [0, 0.1) is 11.3 Å². The molecule has 0 aliphatic rings. The first-order valence-corrected chi connectivity index (χ1v) is 5.60. The van der Waals surface area contributed by atoms with E-state index in [1.165, 1.54) is 6.20 Å². The SMILES string of the molecule is N#Cc1ccc(NCc2cccc(CO)c2)nc1. The summed E-state index contributed by atoms with van der Waals surface area (Å²) in [6.45, 7) is 0.676. The van der Waals surface area contributed by atoms with Gasteiger partial charge in [-0.3, -0.25) is 0 Å². The van der Waals surface area contributed by atoms with Crippen LogP contribution in [-0.2, 0) is 13.2 Å². The van der Waals surface area contributed by atoms with Gasteiger partial charge in [0.05, 0.1) is 12.2 Å². The minimum absolute atomic E-state index is 0.0446. The maximum Gasteiger partial charge on any atom is 0.126 e. The van der Waals surface area contributed by atoms with Crippen LogP contribution in [0.5, 0.6) is 0 Å². The Kier molecular flexibility index (Phi) is 3.90. The fraction of sp³-hybridized carbons (Fsp3) is 0.143. The number of nitrogens with one attached hydrogen (secondary N) is 1. The predicted molar refractivity (Wildman–Crippen MR) is 68.6 cm³/mol. The maximum absolute atomic E-state index is 9.04. The molecule has 1 aromatic carbocycles. The first kappa shape index (κ1) is 12.1. The van der Waals surface area contributed by atoms with E-state index in [1.54, 1.807) is 12.1 Å². The summed E-state index contributed by atoms with van der Waals surface area (Å²) in [5.74, 6) is 0.725. The molecular formula is C14H13N3O. The fourth-order valence-corrected chi connectivity index (χ4v) is 1.60. The molecule has 0 atom stereocenters. The van der Waals surface area contributed by atoms with Gasteiger partial charge in [-0.05, 0) is 23.3 Å². The molecule has 0 aliphatic heterocycles. The summed E-state index contributed by atoms with van der Waals surface area (Å²) in [6, 6.07) is 13.2. The van der Waals surface area contributed by atoms with E-state index in [0.717, 1.165) is 16.9 Å². The number of rotatable bonds is 4. The van der Waals surface area contributed by atoms with Gasteiger partial charge in [-0.25, -0.2) is 4.98 Å². The van der Waals surface area contributed by atoms with Crippen LogP contribution in [0.2, 0.25) is 0 Å². The number of nitrogens with zero attached hydrogens (tertiary/aromatic N) is 2. The van der Waals surface area contributed by atoms with Gasteiger partial charge < -0.3 is 10.4 Å². The van der Waals surface area contributed by atoms with Crippen molar-refractivity contribution in [3.05, 3.63) is 59.3 Å². The molecule has 4 nitrogen and oxygen atoms in total. The lowest BCUT2D eigenvalue weighted by molar-refractivity contribution is 0.281. The maximum atomic E-state index is 9.04. The summed E-state index contributed by atoms with van der Waals surface area (Å²) < 4.78 is 0. The van der Waals surface area contributed by atoms with Crippen molar-refractivity contribution in [3.8, 4) is 6.07 Å². The first-order chi connectivity index (χ1) is 8.81. The van der Waals surface area contributed by atoms with Gasteiger partial charge in [0.2, 0.25) is 0 Å². The third-order valence-corrected chi connectivity index (χ3v) is 2.54. The molecule has 0 unspecified atom stereocenters. The average Bonchev–Trinajstić information content (AvgIpc) is 2.46. The standard InChI is InChI=1S/C14H13N3O/c15-7-13-4-5-14(17-9-13)16-8-11-2-1-3-12(6-11)10-18/h1-6,9,18H,8,10H2,(H,16,17). The minimum atomic E-state index is 0.0446. The third-order valence-electron chi connectivity index (χ3n) is 2.54. The molecule has 0 amide bonds. The highest BCUT2D eigenvalue weighted by atomic mass is 16.3. The number of pyridine rings is 1. The zero-order chi connectivity index (χ0) is 12.8. The number of nitriles is 1. The molecule has 2 rings (SSSR count). The van der Waals surface area contributed by atoms with Crippen LogP contribution in [-0.4, -0.2) is 10.1 Å². The monoisotopic (exact) mass is 239 g/mol. The predicted octanol–water partition coefficient (Wildman–Crippen LogP) is 2.06. The Hall–Kier alpha value is -2.38. The molecule has 0 bridgehead atoms. The number of aliphatic hydroxyl groups is 1. The highest BCUT2D eigenvalue weighted by Crippen LogP contribution is 2.09. The number of aromatic nitrogens is 1. The molecule has 2 aromatic rings. The lowest BCUT2D eigenvalue weighted by Crippen LogP contribution is -2.01. The summed E-state index contributed by atoms with van der Waals surface area (Å²) in [5.41, 5.74) is 2.51. The van der Waals surface area contributed by atoms with Crippen LogP contribution < -0.4 is 5.32 Å². The Morgan fingerprint density at radius 1 is 1.22 bits per heavy atom. The van der Waals surface area contributed by atoms with Gasteiger partial charge in [-0.1, -0.05) is 24.3 Å². The number of aliphatic hydroxyl groups excluding tert-OH is 1. The van der Waals surface area contributed by atoms with Crippen molar-refractivity contribution in [1.29, 1.82) is 5.26 Å². The van der Waals surface area contributed by atoms with Crippen molar-refractivity contribution in [3.63, 3.8) is 0 Å². The normalized spacial score (nSPS) is 9.78. The molecule has 1 aromatic heterocycles. The second kappa shape index (κ2) is 5.80. The van der Waals surface area contributed by atoms with Crippen molar-refractivity contribution in [2.45, 2.75) is 13.2 Å². The van der Waals surface area contributed by atoms with Gasteiger partial charge in [0.15, 0.2) is 0 Å². The molecule has 18 heavy (non-hydrogen) atoms. The number of hydrogen-bond donors (Lipinski definition) is 2. The van der Waals surface area contributed by atoms with Gasteiger partial charge in [0, 0.05) is 12.7 Å². The van der Waals surface area contributed by atoms with Gasteiger partial charge in [-0.15, -0.1) is 0 Å². The second-order valence-electron chi connectivity index (χ2n) is 3.88. The van der Waals surface area contributed by atoms with E-state index in [-0.39, 0.29) is 6.61 Å². The smallest absolute Gasteiger partial charge is 0.126 e. The molecule has 0 saturated heterocycles. The molecule has 4 heteroatoms. The summed E-state index contributed by atoms with van der Waals surface area (Å²) >= 11 is 0. The van der Waals surface area contributed by atoms with Crippen LogP contribution in [0.1, 0.15) is 16.7 Å². The van der Waals surface area contributed by atoms with E-state index in [9.17, 15) is 0 Å². The van der Waals surface area contributed by atoms with E-state index in [2.05, 4.69) is 10.3 Å². The van der Waals surface area contributed by atoms with E-state index in [0.29, 0.717) is 12.1 Å². The van der Waals surface area contributed by atoms with Crippen LogP contribution in [0.15, 0.2) is 42.6 Å². The Morgan fingerprint density at radius 2 is 2.06 bits per heavy atom. The van der Waals surface area contributed by atoms with Crippen LogP contribution >= 0.6 is 0 Å².